The Bertz CT molecular complexity index is 8320. The summed E-state index contributed by atoms with van der Waals surface area (Å²) in [5, 5.41) is 52.0. The summed E-state index contributed by atoms with van der Waals surface area (Å²) in [6.45, 7) is 12.9. The fourth-order valence-electron chi connectivity index (χ4n) is 14.7. The second-order valence-electron chi connectivity index (χ2n) is 30.0. The molecule has 0 saturated carbocycles. The van der Waals surface area contributed by atoms with Gasteiger partial charge in [0.1, 0.15) is 39.9 Å². The van der Waals surface area contributed by atoms with Crippen LogP contribution in [0.2, 0.25) is 20.9 Å². The van der Waals surface area contributed by atoms with Gasteiger partial charge in [-0.3, -0.25) is 9.78 Å². The molecule has 21 heterocycles. The Hall–Kier alpha value is -13.0. The van der Waals surface area contributed by atoms with Gasteiger partial charge in [0.05, 0.1) is 91.0 Å². The summed E-state index contributed by atoms with van der Waals surface area (Å²) in [6.07, 6.45) is 15.5. The largest absolute Gasteiger partial charge is 0.489 e. The van der Waals surface area contributed by atoms with Crippen LogP contribution in [-0.2, 0) is 28.5 Å². The molecule has 21 aromatic rings. The molecule has 3 aliphatic heterocycles. The van der Waals surface area contributed by atoms with Crippen molar-refractivity contribution in [2.75, 3.05) is 121 Å². The Labute approximate surface area is 868 Å². The Morgan fingerprint density at radius 1 is 0.497 bits per heavy atom. The number of nitrogens with zero attached hydrogens (tertiary/aromatic N) is 15. The molecule has 18 aromatic heterocycles. The number of carbonyl (C=O) groups excluding carboxylic acids is 2. The number of nitriles is 1. The van der Waals surface area contributed by atoms with E-state index in [2.05, 4.69) is 218 Å². The van der Waals surface area contributed by atoms with Crippen molar-refractivity contribution in [1.82, 2.24) is 90.0 Å². The average molecular weight is 2340 g/mol. The second kappa shape index (κ2) is 48.8. The lowest BCUT2D eigenvalue weighted by molar-refractivity contribution is -0.146. The van der Waals surface area contributed by atoms with Crippen LogP contribution in [0.3, 0.4) is 0 Å². The molecule has 12 N–H and O–H groups in total. The zero-order valence-corrected chi connectivity index (χ0v) is 85.9. The monoisotopic (exact) mass is 2340 g/mol. The van der Waals surface area contributed by atoms with Crippen molar-refractivity contribution in [3.8, 4) is 28.6 Å². The van der Waals surface area contributed by atoms with Crippen molar-refractivity contribution < 1.29 is 75.6 Å². The second-order valence-corrected chi connectivity index (χ2v) is 35.9. The van der Waals surface area contributed by atoms with Crippen molar-refractivity contribution in [3.05, 3.63) is 240 Å². The van der Waals surface area contributed by atoms with E-state index >= 15 is 0 Å². The van der Waals surface area contributed by atoms with Gasteiger partial charge in [0.15, 0.2) is 39.4 Å². The van der Waals surface area contributed by atoms with Crippen LogP contribution in [0, 0.1) is 11.3 Å². The molecule has 0 atom stereocenters. The first-order chi connectivity index (χ1) is 69.3. The van der Waals surface area contributed by atoms with Gasteiger partial charge < -0.3 is 107 Å². The highest BCUT2D eigenvalue weighted by Gasteiger charge is 2.28. The van der Waals surface area contributed by atoms with Crippen molar-refractivity contribution in [3.63, 3.8) is 0 Å². The number of ether oxygens (including phenoxy) is 5. The van der Waals surface area contributed by atoms with Crippen LogP contribution in [-0.4, -0.2) is 230 Å². The molecule has 3 aromatic carbocycles. The van der Waals surface area contributed by atoms with Crippen molar-refractivity contribution in [1.29, 1.82) is 5.26 Å². The highest BCUT2D eigenvalue weighted by molar-refractivity contribution is 9.11. The number of hydrogen-bond donors (Lipinski definition) is 11. The third kappa shape index (κ3) is 24.9. The first-order valence-electron chi connectivity index (χ1n) is 43.0. The Balaban J connectivity index is 0.000000127. The fraction of sp³-hybridized carbons (Fsp3) is 0.194. The Kier molecular flexibility index (Phi) is 35.6. The van der Waals surface area contributed by atoms with Gasteiger partial charge >= 0.3 is 24.7 Å². The Morgan fingerprint density at radius 3 is 1.48 bits per heavy atom. The number of nitrogens with two attached hydrogens (primary N) is 1. The van der Waals surface area contributed by atoms with Crippen LogP contribution in [0.1, 0.15) is 30.0 Å². The number of rotatable bonds is 9. The zero-order chi connectivity index (χ0) is 101. The predicted octanol–water partition coefficient (Wildman–Crippen LogP) is 17.2. The van der Waals surface area contributed by atoms with E-state index in [0.717, 1.165) is 159 Å². The minimum Gasteiger partial charge on any atom is -0.464 e. The van der Waals surface area contributed by atoms with Gasteiger partial charge in [-0.2, -0.15) is 10.2 Å². The van der Waals surface area contributed by atoms with E-state index in [0.29, 0.717) is 128 Å². The number of nitrogens with one attached hydrogen (secondary N) is 6. The first kappa shape index (κ1) is 104. The molecule has 24 rings (SSSR count). The van der Waals surface area contributed by atoms with Crippen LogP contribution in [0.5, 0.6) is 0 Å². The van der Waals surface area contributed by atoms with Crippen LogP contribution in [0.15, 0.2) is 219 Å². The molecule has 3 fully saturated rings. The van der Waals surface area contributed by atoms with Crippen molar-refractivity contribution in [2.45, 2.75) is 13.8 Å². The summed E-state index contributed by atoms with van der Waals surface area (Å²) in [5.41, 5.74) is 18.3. The highest BCUT2D eigenvalue weighted by atomic mass is 79.9. The van der Waals surface area contributed by atoms with E-state index in [1.54, 1.807) is 81.4 Å². The molecule has 0 unspecified atom stereocenters. The lowest BCUT2D eigenvalue weighted by atomic mass is 9.78. The quantitative estimate of drug-likeness (QED) is 0.0210. The summed E-state index contributed by atoms with van der Waals surface area (Å²) < 4.78 is 57.2. The number of aliphatic hydroxyl groups is 2. The molecule has 143 heavy (non-hydrogen) atoms. The van der Waals surface area contributed by atoms with Crippen LogP contribution >= 0.6 is 126 Å². The van der Waals surface area contributed by atoms with Crippen molar-refractivity contribution in [2.24, 2.45) is 0 Å². The number of anilines is 3. The molecule has 0 spiro atoms. The lowest BCUT2D eigenvalue weighted by Crippen LogP contribution is -2.37. The van der Waals surface area contributed by atoms with Gasteiger partial charge in [-0.15, -0.1) is 0 Å². The minimum absolute atomic E-state index is 0.00227. The van der Waals surface area contributed by atoms with E-state index in [9.17, 15) is 19.2 Å². The van der Waals surface area contributed by atoms with Gasteiger partial charge in [0.2, 0.25) is 50.5 Å². The number of pyridine rings is 6. The molecule has 40 nitrogen and oxygen atoms in total. The Morgan fingerprint density at radius 2 is 0.951 bits per heavy atom. The standard InChI is InChI=1S/C29H22N6O2.C13H10BrClN4O2.C10H9BrN2O3.C9H2BrCl2N3O.C9H4BrN3O3.C8H8BNO2.C6H2BrClN2.C4H9NO.C4H8O3.CH4O/c1-3-18(19-7-9-30-23(19)5-1)17-15-22-25-26(37-29(22)32-16-17)28(35-11-13-36-14-12-35)34-27(33-25)21-4-2-6-24-20(21)8-10-31-24;14-7-5-8-9-10(21-12(8)16-6-7)11(18-13(15)17-9)19-1-3-20-4-2-19;1-2-15-10(14)8-7(12)6-3-5(11)4-13-9(6)16-8;10-3-1-4-5-6(16-8(4)13-2-3)7(11)15-9(12)14-5;10-3-1-4-5-6(16-8(4)11-2-3)7(14)13-9(15)12-5;11-9(12)7-2-1-3-8-6(7)4-5-10-8;7-5-1-4(2-9)6(8)10-3-5;1-3-6-4-2-5-1;1-2-7-4(6)3-5;1-2/h1-10,15-16,30-31H,11-14H2;5-6H,1-4H2;3-4H,2,12H2,1H3;1-2H;1-2H,(H2,12,13,14,15);1-5,10-12H;1,3H;5H,1-4H2;5H,2-3H2,1H3;2H,1H3. The number of fused-ring (bicyclic) bond motifs is 16. The minimum atomic E-state index is -1.40. The van der Waals surface area contributed by atoms with Gasteiger partial charge in [0.25, 0.3) is 5.56 Å². The molecule has 50 heteroatoms. The first-order valence-corrected chi connectivity index (χ1v) is 48.5. The highest BCUT2D eigenvalue weighted by Crippen LogP contribution is 2.41. The number of carbonyl (C=O) groups is 2. The van der Waals surface area contributed by atoms with Crippen LogP contribution in [0.25, 0.3) is 155 Å². The molecule has 0 bridgehead atoms. The number of aliphatic hydroxyl groups excluding tert-OH is 2. The molecule has 3 saturated heterocycles. The topological polar surface area (TPSA) is 563 Å². The van der Waals surface area contributed by atoms with E-state index < -0.39 is 36.9 Å². The average Bonchev–Trinajstić information content (AvgIpc) is 1.59. The number of benzene rings is 3. The number of aromatic nitrogens is 17. The fourth-order valence-corrected chi connectivity index (χ4v) is 17.1. The van der Waals surface area contributed by atoms with E-state index in [-0.39, 0.29) is 44.5 Å². The predicted molar refractivity (Wildman–Crippen MR) is 560 cm³/mol. The van der Waals surface area contributed by atoms with E-state index in [4.69, 9.17) is 134 Å². The number of aromatic amines is 5. The lowest BCUT2D eigenvalue weighted by Gasteiger charge is -2.27. The van der Waals surface area contributed by atoms with Gasteiger partial charge in [-0.05, 0) is 206 Å². The molecule has 0 radical (unpaired) electrons. The third-order valence-corrected chi connectivity index (χ3v) is 24.1. The molecule has 0 aliphatic carbocycles. The van der Waals surface area contributed by atoms with E-state index in [1.165, 1.54) is 0 Å². The summed E-state index contributed by atoms with van der Waals surface area (Å²) >= 11 is 39.7. The van der Waals surface area contributed by atoms with Gasteiger partial charge in [-0.25, -0.2) is 69.2 Å². The maximum atomic E-state index is 11.5. The number of hydrogen-bond acceptors (Lipinski definition) is 35. The SMILES string of the molecule is C1COCCN1.CCOC(=O)CO.CCOC(=O)c1oc2ncc(Br)cc2c1N.CO.Clc1nc(Cl)c2oc3ncc(Br)cc3c2n1.Clc1nc(N2CCOCC2)c2oc3ncc(Br)cc3c2n1.N#Cc1cc(Br)cnc1Cl.O=c1[nH]c(=O)c2oc3ncc(Br)cc3c2[nH]1.OB(O)c1cccc2[nH]ccc12.c1cc(-c2cnc3oc4c(N5CCOCC5)nc(-c5cccc6[nH]ccc56)nc4c3c2)c2cc[nH]c2c1. The molecular formula is C93H78BBr5Cl4N22O18. The summed E-state index contributed by atoms with van der Waals surface area (Å²) in [6, 6.07) is 36.7. The number of furan rings is 5. The maximum absolute atomic E-state index is 11.5. The van der Waals surface area contributed by atoms with Crippen LogP contribution < -0.4 is 37.6 Å². The normalized spacial score (nSPS) is 12.8. The van der Waals surface area contributed by atoms with Crippen molar-refractivity contribution >= 4 is 301 Å². The van der Waals surface area contributed by atoms with Crippen LogP contribution in [0.4, 0.5) is 17.3 Å². The number of esters is 2. The number of H-pyrrole nitrogens is 5. The molecule has 0 amide bonds. The summed E-state index contributed by atoms with van der Waals surface area (Å²) in [4.78, 5) is 114. The molecule has 3 aliphatic rings. The van der Waals surface area contributed by atoms with Gasteiger partial charge in [0, 0.05) is 163 Å². The van der Waals surface area contributed by atoms with E-state index in [1.807, 2.05) is 55.0 Å². The number of morpholine rings is 3. The molecular weight excluding hydrogens is 2270 g/mol. The summed E-state index contributed by atoms with van der Waals surface area (Å²) in [7, 11) is -0.399. The zero-order valence-electron chi connectivity index (χ0n) is 75.0. The van der Waals surface area contributed by atoms with Gasteiger partial charge in [-0.1, -0.05) is 59.6 Å². The molecule has 734 valence electrons. The smallest absolute Gasteiger partial charge is 0.464 e. The number of halogens is 9. The maximum Gasteiger partial charge on any atom is 0.489 e. The summed E-state index contributed by atoms with van der Waals surface area (Å²) in [5.74, 6) is 1.00. The number of nitrogen functional groups attached to an aromatic ring is 1. The third-order valence-electron chi connectivity index (χ3n) is 21.0.